The Morgan fingerprint density at radius 3 is 2.41 bits per heavy atom. The van der Waals surface area contributed by atoms with Crippen LogP contribution in [0.4, 0.5) is 11.4 Å². The second-order valence-corrected chi connectivity index (χ2v) is 10.8. The molecule has 1 saturated carbocycles. The van der Waals surface area contributed by atoms with Crippen molar-refractivity contribution in [1.82, 2.24) is 5.32 Å². The van der Waals surface area contributed by atoms with Crippen LogP contribution < -0.4 is 15.5 Å². The van der Waals surface area contributed by atoms with E-state index in [0.29, 0.717) is 29.8 Å². The number of amides is 3. The predicted octanol–water partition coefficient (Wildman–Crippen LogP) is 5.85. The Kier molecular flexibility index (Phi) is 7.33. The van der Waals surface area contributed by atoms with Crippen LogP contribution in [0.1, 0.15) is 59.0 Å². The lowest BCUT2D eigenvalue weighted by atomic mass is 9.80. The zero-order valence-electron chi connectivity index (χ0n) is 20.9. The summed E-state index contributed by atoms with van der Waals surface area (Å²) in [4.78, 5) is 41.7. The minimum atomic E-state index is -0.973. The number of thioether (sulfide) groups is 1. The Morgan fingerprint density at radius 2 is 1.65 bits per heavy atom. The topological polar surface area (TPSA) is 78.5 Å². The standard InChI is InChI=1S/C30H31N3O3S/c1-21-11-6-7-16-25(21)31-29(36)30(17-8-3-9-18-30)32-27(35)23-14-10-15-24(19-23)33-26(34)20-37-28(33)22-12-4-2-5-13-22/h2,4-7,10-16,19,28H,3,8-9,17-18,20H2,1H3,(H,31,36)(H,32,35)/t28-/m1/s1. The number of nitrogens with one attached hydrogen (secondary N) is 2. The van der Waals surface area contributed by atoms with E-state index in [-0.39, 0.29) is 23.1 Å². The second-order valence-electron chi connectivity index (χ2n) is 9.75. The molecule has 2 N–H and O–H groups in total. The molecule has 190 valence electrons. The third kappa shape index (κ3) is 5.27. The van der Waals surface area contributed by atoms with E-state index in [4.69, 9.17) is 0 Å². The van der Waals surface area contributed by atoms with Gasteiger partial charge < -0.3 is 10.6 Å². The summed E-state index contributed by atoms with van der Waals surface area (Å²) in [7, 11) is 0. The summed E-state index contributed by atoms with van der Waals surface area (Å²) in [5, 5.41) is 6.01. The molecule has 5 rings (SSSR count). The molecular formula is C30H31N3O3S. The smallest absolute Gasteiger partial charge is 0.252 e. The average Bonchev–Trinajstić information content (AvgIpc) is 3.32. The molecule has 0 bridgehead atoms. The number of hydrogen-bond acceptors (Lipinski definition) is 4. The molecule has 7 heteroatoms. The van der Waals surface area contributed by atoms with E-state index < -0.39 is 5.54 Å². The number of carbonyl (C=O) groups excluding carboxylic acids is 3. The number of carbonyl (C=O) groups is 3. The highest BCUT2D eigenvalue weighted by Gasteiger charge is 2.41. The summed E-state index contributed by atoms with van der Waals surface area (Å²) in [6, 6.07) is 24.7. The van der Waals surface area contributed by atoms with Crippen molar-refractivity contribution in [3.8, 4) is 0 Å². The minimum Gasteiger partial charge on any atom is -0.338 e. The van der Waals surface area contributed by atoms with Crippen LogP contribution in [-0.2, 0) is 9.59 Å². The second kappa shape index (κ2) is 10.8. The molecule has 3 aromatic rings. The Balaban J connectivity index is 1.39. The van der Waals surface area contributed by atoms with Crippen LogP contribution in [-0.4, -0.2) is 29.0 Å². The highest BCUT2D eigenvalue weighted by Crippen LogP contribution is 2.42. The molecule has 1 aliphatic heterocycles. The SMILES string of the molecule is Cc1ccccc1NC(=O)C1(NC(=O)c2cccc(N3C(=O)CS[C@@H]3c3ccccc3)c2)CCCCC1. The van der Waals surface area contributed by atoms with E-state index in [9.17, 15) is 14.4 Å². The van der Waals surface area contributed by atoms with E-state index in [1.807, 2.05) is 67.6 Å². The van der Waals surface area contributed by atoms with E-state index in [2.05, 4.69) is 10.6 Å². The Bertz CT molecular complexity index is 1300. The lowest BCUT2D eigenvalue weighted by molar-refractivity contribution is -0.123. The molecule has 0 unspecified atom stereocenters. The molecule has 37 heavy (non-hydrogen) atoms. The van der Waals surface area contributed by atoms with Crippen LogP contribution >= 0.6 is 11.8 Å². The average molecular weight is 514 g/mol. The summed E-state index contributed by atoms with van der Waals surface area (Å²) >= 11 is 1.58. The molecule has 3 amide bonds. The molecule has 0 radical (unpaired) electrons. The number of nitrogens with zero attached hydrogens (tertiary/aromatic N) is 1. The van der Waals surface area contributed by atoms with Crippen molar-refractivity contribution in [2.24, 2.45) is 0 Å². The molecule has 6 nitrogen and oxygen atoms in total. The molecule has 1 saturated heterocycles. The van der Waals surface area contributed by atoms with Gasteiger partial charge in [-0.1, -0.05) is 73.9 Å². The van der Waals surface area contributed by atoms with Gasteiger partial charge in [0.25, 0.3) is 5.91 Å². The first-order valence-corrected chi connectivity index (χ1v) is 13.8. The fraction of sp³-hybridized carbons (Fsp3) is 0.300. The maximum Gasteiger partial charge on any atom is 0.252 e. The fourth-order valence-corrected chi connectivity index (χ4v) is 6.35. The van der Waals surface area contributed by atoms with Crippen LogP contribution in [0.3, 0.4) is 0 Å². The van der Waals surface area contributed by atoms with Gasteiger partial charge in [-0.3, -0.25) is 19.3 Å². The van der Waals surface area contributed by atoms with Crippen molar-refractivity contribution >= 4 is 40.9 Å². The molecule has 2 fully saturated rings. The van der Waals surface area contributed by atoms with Crippen LogP contribution in [0.2, 0.25) is 0 Å². The highest BCUT2D eigenvalue weighted by molar-refractivity contribution is 8.00. The molecule has 3 aromatic carbocycles. The summed E-state index contributed by atoms with van der Waals surface area (Å²) in [5.41, 5.74) is 2.91. The first-order chi connectivity index (χ1) is 18.0. The number of para-hydroxylation sites is 1. The summed E-state index contributed by atoms with van der Waals surface area (Å²) in [6.45, 7) is 1.95. The normalized spacial score (nSPS) is 18.9. The van der Waals surface area contributed by atoms with Gasteiger partial charge in [-0.05, 0) is 55.2 Å². The number of hydrogen-bond donors (Lipinski definition) is 2. The van der Waals surface area contributed by atoms with Gasteiger partial charge >= 0.3 is 0 Å². The zero-order chi connectivity index (χ0) is 25.8. The molecule has 1 heterocycles. The zero-order valence-corrected chi connectivity index (χ0v) is 21.7. The van der Waals surface area contributed by atoms with Gasteiger partial charge in [0, 0.05) is 16.9 Å². The van der Waals surface area contributed by atoms with Gasteiger partial charge in [0.15, 0.2) is 0 Å². The van der Waals surface area contributed by atoms with Crippen LogP contribution in [0.25, 0.3) is 0 Å². The van der Waals surface area contributed by atoms with Crippen molar-refractivity contribution in [3.63, 3.8) is 0 Å². The number of rotatable bonds is 6. The highest BCUT2D eigenvalue weighted by atomic mass is 32.2. The van der Waals surface area contributed by atoms with Gasteiger partial charge in [-0.25, -0.2) is 0 Å². The van der Waals surface area contributed by atoms with Crippen molar-refractivity contribution in [2.75, 3.05) is 16.0 Å². The van der Waals surface area contributed by atoms with Crippen LogP contribution in [0, 0.1) is 6.92 Å². The number of benzene rings is 3. The molecule has 1 atom stereocenters. The molecule has 2 aliphatic rings. The number of aryl methyl sites for hydroxylation is 1. The predicted molar refractivity (Wildman–Crippen MR) is 149 cm³/mol. The van der Waals surface area contributed by atoms with Crippen molar-refractivity contribution < 1.29 is 14.4 Å². The number of anilines is 2. The summed E-state index contributed by atoms with van der Waals surface area (Å²) < 4.78 is 0. The maximum atomic E-state index is 13.5. The summed E-state index contributed by atoms with van der Waals surface area (Å²) in [5.74, 6) is -0.0867. The largest absolute Gasteiger partial charge is 0.338 e. The third-order valence-electron chi connectivity index (χ3n) is 7.23. The molecule has 1 aliphatic carbocycles. The van der Waals surface area contributed by atoms with Gasteiger partial charge in [0.2, 0.25) is 11.8 Å². The first-order valence-electron chi connectivity index (χ1n) is 12.8. The maximum absolute atomic E-state index is 13.5. The Hall–Kier alpha value is -3.58. The van der Waals surface area contributed by atoms with Crippen molar-refractivity contribution in [2.45, 2.75) is 49.9 Å². The van der Waals surface area contributed by atoms with E-state index in [1.54, 1.807) is 34.9 Å². The summed E-state index contributed by atoms with van der Waals surface area (Å²) in [6.07, 6.45) is 3.97. The monoisotopic (exact) mass is 513 g/mol. The van der Waals surface area contributed by atoms with E-state index >= 15 is 0 Å². The van der Waals surface area contributed by atoms with Gasteiger partial charge in [0.1, 0.15) is 10.9 Å². The first kappa shape index (κ1) is 25.1. The van der Waals surface area contributed by atoms with Crippen molar-refractivity contribution in [3.05, 3.63) is 95.6 Å². The molecular weight excluding hydrogens is 482 g/mol. The van der Waals surface area contributed by atoms with Gasteiger partial charge in [-0.15, -0.1) is 11.8 Å². The van der Waals surface area contributed by atoms with Crippen molar-refractivity contribution in [1.29, 1.82) is 0 Å². The fourth-order valence-electron chi connectivity index (χ4n) is 5.17. The Morgan fingerprint density at radius 1 is 0.919 bits per heavy atom. The quantitative estimate of drug-likeness (QED) is 0.434. The van der Waals surface area contributed by atoms with Gasteiger partial charge in [0.05, 0.1) is 5.75 Å². The minimum absolute atomic E-state index is 0.0118. The lowest BCUT2D eigenvalue weighted by Crippen LogP contribution is -2.57. The van der Waals surface area contributed by atoms with Crippen LogP contribution in [0.15, 0.2) is 78.9 Å². The van der Waals surface area contributed by atoms with E-state index in [0.717, 1.165) is 36.1 Å². The van der Waals surface area contributed by atoms with Gasteiger partial charge in [-0.2, -0.15) is 0 Å². The lowest BCUT2D eigenvalue weighted by Gasteiger charge is -2.37. The van der Waals surface area contributed by atoms with E-state index in [1.165, 1.54) is 0 Å². The Labute approximate surface area is 221 Å². The molecule has 0 spiro atoms. The molecule has 0 aromatic heterocycles. The third-order valence-corrected chi connectivity index (χ3v) is 8.44. The van der Waals surface area contributed by atoms with Crippen LogP contribution in [0.5, 0.6) is 0 Å².